The number of benzene rings is 2. The summed E-state index contributed by atoms with van der Waals surface area (Å²) >= 11 is 0. The third-order valence-electron chi connectivity index (χ3n) is 3.16. The average Bonchev–Trinajstić information content (AvgIpc) is 2.55. The van der Waals surface area contributed by atoms with Gasteiger partial charge in [0.1, 0.15) is 0 Å². The predicted octanol–water partition coefficient (Wildman–Crippen LogP) is 1.61. The van der Waals surface area contributed by atoms with Crippen LogP contribution in [-0.4, -0.2) is 35.2 Å². The molecule has 0 unspecified atom stereocenters. The van der Waals surface area contributed by atoms with Crippen LogP contribution in [-0.2, 0) is 20.0 Å². The van der Waals surface area contributed by atoms with E-state index in [2.05, 4.69) is 4.72 Å². The first-order valence-corrected chi connectivity index (χ1v) is 9.65. The molecule has 0 aliphatic carbocycles. The van der Waals surface area contributed by atoms with Gasteiger partial charge in [-0.25, -0.2) is 21.1 Å². The average molecular weight is 365 g/mol. The molecule has 2 aromatic carbocycles. The van der Waals surface area contributed by atoms with E-state index in [0.29, 0.717) is 0 Å². The molecular weight excluding hydrogens is 350 g/mol. The van der Waals surface area contributed by atoms with Crippen molar-refractivity contribution in [2.75, 3.05) is 18.8 Å². The SMILES string of the molecule is CN(C)S(=O)(=O)c1ccc(NS(=O)(=O)c2cccc(C#N)c2)cc1. The topological polar surface area (TPSA) is 107 Å². The lowest BCUT2D eigenvalue weighted by Gasteiger charge is -2.12. The van der Waals surface area contributed by atoms with Gasteiger partial charge in [0.05, 0.1) is 21.4 Å². The molecule has 0 bridgehead atoms. The molecule has 126 valence electrons. The molecule has 0 amide bonds. The Labute approximate surface area is 141 Å². The lowest BCUT2D eigenvalue weighted by atomic mass is 10.2. The number of nitrogens with zero attached hydrogens (tertiary/aromatic N) is 2. The van der Waals surface area contributed by atoms with Crippen LogP contribution < -0.4 is 4.72 Å². The monoisotopic (exact) mass is 365 g/mol. The number of nitrogens with one attached hydrogen (secondary N) is 1. The largest absolute Gasteiger partial charge is 0.280 e. The fourth-order valence-corrected chi connectivity index (χ4v) is 3.86. The maximum atomic E-state index is 12.3. The second-order valence-corrected chi connectivity index (χ2v) is 8.89. The van der Waals surface area contributed by atoms with Gasteiger partial charge in [-0.05, 0) is 42.5 Å². The molecule has 9 heteroatoms. The molecular formula is C15H15N3O4S2. The molecule has 2 aromatic rings. The zero-order valence-corrected chi connectivity index (χ0v) is 14.6. The Kier molecular flexibility index (Phi) is 4.94. The third kappa shape index (κ3) is 3.73. The van der Waals surface area contributed by atoms with Crippen molar-refractivity contribution in [2.24, 2.45) is 0 Å². The van der Waals surface area contributed by atoms with Gasteiger partial charge in [0.25, 0.3) is 10.0 Å². The second-order valence-electron chi connectivity index (χ2n) is 5.06. The number of rotatable bonds is 5. The van der Waals surface area contributed by atoms with Crippen LogP contribution in [0.1, 0.15) is 5.56 Å². The summed E-state index contributed by atoms with van der Waals surface area (Å²) in [5.41, 5.74) is 0.445. The first-order chi connectivity index (χ1) is 11.2. The van der Waals surface area contributed by atoms with Gasteiger partial charge in [-0.2, -0.15) is 5.26 Å². The zero-order chi connectivity index (χ0) is 18.0. The number of nitriles is 1. The maximum Gasteiger partial charge on any atom is 0.261 e. The third-order valence-corrected chi connectivity index (χ3v) is 6.37. The van der Waals surface area contributed by atoms with Crippen LogP contribution in [0.3, 0.4) is 0 Å². The number of sulfonamides is 2. The highest BCUT2D eigenvalue weighted by molar-refractivity contribution is 7.92. The Bertz CT molecular complexity index is 990. The van der Waals surface area contributed by atoms with Crippen LogP contribution in [0.5, 0.6) is 0 Å². The quantitative estimate of drug-likeness (QED) is 0.866. The Morgan fingerprint density at radius 3 is 2.12 bits per heavy atom. The standard InChI is InChI=1S/C15H15N3O4S2/c1-18(2)24(21,22)14-8-6-13(7-9-14)17-23(19,20)15-5-3-4-12(10-15)11-16/h3-10,17H,1-2H3. The summed E-state index contributed by atoms with van der Waals surface area (Å²) < 4.78 is 52.0. The molecule has 0 aliphatic rings. The van der Waals surface area contributed by atoms with Crippen LogP contribution >= 0.6 is 0 Å². The van der Waals surface area contributed by atoms with Gasteiger partial charge < -0.3 is 0 Å². The van der Waals surface area contributed by atoms with Crippen molar-refractivity contribution in [3.63, 3.8) is 0 Å². The van der Waals surface area contributed by atoms with Crippen LogP contribution in [0.2, 0.25) is 0 Å². The van der Waals surface area contributed by atoms with Gasteiger partial charge in [0, 0.05) is 19.8 Å². The van der Waals surface area contributed by atoms with E-state index in [0.717, 1.165) is 4.31 Å². The normalized spacial score (nSPS) is 11.9. The molecule has 0 aliphatic heterocycles. The molecule has 0 spiro atoms. The molecule has 1 N–H and O–H groups in total. The van der Waals surface area contributed by atoms with E-state index in [1.54, 1.807) is 0 Å². The fraction of sp³-hybridized carbons (Fsp3) is 0.133. The Morgan fingerprint density at radius 1 is 0.958 bits per heavy atom. The Morgan fingerprint density at radius 2 is 1.58 bits per heavy atom. The minimum atomic E-state index is -3.87. The van der Waals surface area contributed by atoms with Crippen molar-refractivity contribution in [2.45, 2.75) is 9.79 Å². The molecule has 0 heterocycles. The van der Waals surface area contributed by atoms with E-state index in [1.165, 1.54) is 62.6 Å². The minimum absolute atomic E-state index is 0.0495. The van der Waals surface area contributed by atoms with Crippen molar-refractivity contribution in [3.8, 4) is 6.07 Å². The van der Waals surface area contributed by atoms with Crippen LogP contribution in [0, 0.1) is 11.3 Å². The number of anilines is 1. The van der Waals surface area contributed by atoms with Crippen molar-refractivity contribution in [1.82, 2.24) is 4.31 Å². The summed E-state index contributed by atoms with van der Waals surface area (Å²) in [5, 5.41) is 8.84. The van der Waals surface area contributed by atoms with Gasteiger partial charge >= 0.3 is 0 Å². The molecule has 0 atom stereocenters. The minimum Gasteiger partial charge on any atom is -0.280 e. The van der Waals surface area contributed by atoms with Crippen LogP contribution in [0.15, 0.2) is 58.3 Å². The van der Waals surface area contributed by atoms with E-state index < -0.39 is 20.0 Å². The van der Waals surface area contributed by atoms with Gasteiger partial charge in [-0.1, -0.05) is 6.07 Å². The van der Waals surface area contributed by atoms with E-state index in [1.807, 2.05) is 6.07 Å². The highest BCUT2D eigenvalue weighted by Gasteiger charge is 2.18. The summed E-state index contributed by atoms with van der Waals surface area (Å²) in [6, 6.07) is 12.8. The van der Waals surface area contributed by atoms with Crippen LogP contribution in [0.4, 0.5) is 5.69 Å². The van der Waals surface area contributed by atoms with Gasteiger partial charge in [0.15, 0.2) is 0 Å². The van der Waals surface area contributed by atoms with Gasteiger partial charge in [0.2, 0.25) is 10.0 Å². The van der Waals surface area contributed by atoms with Crippen molar-refractivity contribution < 1.29 is 16.8 Å². The Balaban J connectivity index is 2.29. The maximum absolute atomic E-state index is 12.3. The first kappa shape index (κ1) is 17.9. The molecule has 0 saturated carbocycles. The molecule has 7 nitrogen and oxygen atoms in total. The van der Waals surface area contributed by atoms with Crippen LogP contribution in [0.25, 0.3) is 0 Å². The smallest absolute Gasteiger partial charge is 0.261 e. The van der Waals surface area contributed by atoms with Crippen molar-refractivity contribution in [1.29, 1.82) is 5.26 Å². The summed E-state index contributed by atoms with van der Waals surface area (Å²) in [7, 11) is -4.63. The molecule has 2 rings (SSSR count). The molecule has 24 heavy (non-hydrogen) atoms. The van der Waals surface area contributed by atoms with E-state index >= 15 is 0 Å². The molecule has 0 radical (unpaired) electrons. The number of hydrogen-bond acceptors (Lipinski definition) is 5. The lowest BCUT2D eigenvalue weighted by Crippen LogP contribution is -2.22. The summed E-state index contributed by atoms with van der Waals surface area (Å²) in [6.07, 6.45) is 0. The van der Waals surface area contributed by atoms with E-state index in [4.69, 9.17) is 5.26 Å². The molecule has 0 saturated heterocycles. The highest BCUT2D eigenvalue weighted by atomic mass is 32.2. The molecule has 0 aromatic heterocycles. The fourth-order valence-electron chi connectivity index (χ4n) is 1.85. The summed E-state index contributed by atoms with van der Waals surface area (Å²) in [4.78, 5) is 0.00784. The van der Waals surface area contributed by atoms with Gasteiger partial charge in [-0.15, -0.1) is 0 Å². The lowest BCUT2D eigenvalue weighted by molar-refractivity contribution is 0.521. The number of hydrogen-bond donors (Lipinski definition) is 1. The van der Waals surface area contributed by atoms with E-state index in [9.17, 15) is 16.8 Å². The highest BCUT2D eigenvalue weighted by Crippen LogP contribution is 2.20. The first-order valence-electron chi connectivity index (χ1n) is 6.72. The van der Waals surface area contributed by atoms with Crippen molar-refractivity contribution >= 4 is 25.7 Å². The van der Waals surface area contributed by atoms with E-state index in [-0.39, 0.29) is 21.0 Å². The molecule has 0 fully saturated rings. The predicted molar refractivity (Wildman–Crippen MR) is 89.3 cm³/mol. The summed E-state index contributed by atoms with van der Waals surface area (Å²) in [5.74, 6) is 0. The van der Waals surface area contributed by atoms with Gasteiger partial charge in [-0.3, -0.25) is 4.72 Å². The summed E-state index contributed by atoms with van der Waals surface area (Å²) in [6.45, 7) is 0. The van der Waals surface area contributed by atoms with Crippen molar-refractivity contribution in [3.05, 3.63) is 54.1 Å². The second kappa shape index (κ2) is 6.60. The Hall–Kier alpha value is -2.41. The zero-order valence-electron chi connectivity index (χ0n) is 13.0.